The number of benzene rings is 1. The number of alkyl halides is 3. The Hall–Kier alpha value is -4.86. The number of amides is 2. The minimum absolute atomic E-state index is 0.0777. The largest absolute Gasteiger partial charge is 0.489 e. The first-order valence-electron chi connectivity index (χ1n) is 15.0. The molecule has 3 aromatic heterocycles. The Labute approximate surface area is 267 Å². The van der Waals surface area contributed by atoms with Crippen molar-refractivity contribution in [1.82, 2.24) is 19.9 Å². The van der Waals surface area contributed by atoms with Gasteiger partial charge in [-0.15, -0.1) is 0 Å². The van der Waals surface area contributed by atoms with Crippen molar-refractivity contribution in [3.8, 4) is 22.9 Å². The second-order valence-corrected chi connectivity index (χ2v) is 12.6. The maximum absolute atomic E-state index is 15.0. The maximum Gasteiger partial charge on any atom is 0.424 e. The minimum Gasteiger partial charge on any atom is -0.489 e. The molecule has 0 unspecified atom stereocenters. The number of rotatable bonds is 9. The lowest BCUT2D eigenvalue weighted by atomic mass is 9.81. The molecule has 3 aliphatic rings. The first-order chi connectivity index (χ1) is 22.6. The number of nitrogens with one attached hydrogen (secondary N) is 1. The molecule has 48 heavy (non-hydrogen) atoms. The number of pyridine rings is 2. The van der Waals surface area contributed by atoms with Crippen LogP contribution in [0.2, 0.25) is 0 Å². The van der Waals surface area contributed by atoms with Crippen molar-refractivity contribution in [2.45, 2.75) is 61.8 Å². The van der Waals surface area contributed by atoms with Crippen LogP contribution in [-0.2, 0) is 15.8 Å². The summed E-state index contributed by atoms with van der Waals surface area (Å²) >= 11 is 0. The van der Waals surface area contributed by atoms with Crippen molar-refractivity contribution in [3.05, 3.63) is 76.4 Å². The first kappa shape index (κ1) is 31.7. The highest BCUT2D eigenvalue weighted by atomic mass is 19.4. The number of ether oxygens (including phenoxy) is 2. The van der Waals surface area contributed by atoms with Crippen LogP contribution in [0.4, 0.5) is 26.3 Å². The molecule has 1 aliphatic heterocycles. The van der Waals surface area contributed by atoms with E-state index >= 15 is 0 Å². The van der Waals surface area contributed by atoms with Gasteiger partial charge in [-0.2, -0.15) is 18.3 Å². The van der Waals surface area contributed by atoms with Crippen LogP contribution < -0.4 is 20.5 Å². The Kier molecular flexibility index (Phi) is 7.16. The number of carbonyl (C=O) groups is 2. The topological polar surface area (TPSA) is 141 Å². The second kappa shape index (κ2) is 10.8. The Morgan fingerprint density at radius 1 is 1.10 bits per heavy atom. The number of halogens is 6. The molecule has 10 nitrogen and oxygen atoms in total. The molecule has 2 atom stereocenters. The quantitative estimate of drug-likeness (QED) is 0.175. The number of hydrogen-bond donors (Lipinski definition) is 3. The fourth-order valence-electron chi connectivity index (χ4n) is 5.58. The smallest absolute Gasteiger partial charge is 0.424 e. The molecule has 252 valence electrons. The molecule has 4 N–H and O–H groups in total. The highest BCUT2D eigenvalue weighted by Gasteiger charge is 2.58. The third kappa shape index (κ3) is 5.18. The lowest BCUT2D eigenvalue weighted by Crippen LogP contribution is -2.51. The van der Waals surface area contributed by atoms with Gasteiger partial charge < -0.3 is 25.6 Å². The molecule has 0 saturated heterocycles. The summed E-state index contributed by atoms with van der Waals surface area (Å²) in [7, 11) is 0. The second-order valence-electron chi connectivity index (χ2n) is 12.6. The van der Waals surface area contributed by atoms with Crippen LogP contribution in [0.1, 0.15) is 65.8 Å². The van der Waals surface area contributed by atoms with E-state index in [1.165, 1.54) is 23.6 Å². The van der Waals surface area contributed by atoms with E-state index in [0.717, 1.165) is 37.4 Å². The summed E-state index contributed by atoms with van der Waals surface area (Å²) < 4.78 is 100. The number of nitrogens with zero attached hydrogens (tertiary/aromatic N) is 3. The van der Waals surface area contributed by atoms with Crippen molar-refractivity contribution in [2.75, 3.05) is 13.2 Å². The molecule has 4 aromatic rings. The fourth-order valence-corrected chi connectivity index (χ4v) is 5.58. The molecule has 2 amide bonds. The molecular weight excluding hydrogens is 648 g/mol. The molecule has 7 rings (SSSR count). The van der Waals surface area contributed by atoms with Gasteiger partial charge in [0.2, 0.25) is 17.4 Å². The summed E-state index contributed by atoms with van der Waals surface area (Å²) in [5.41, 5.74) is -2.06. The molecular formula is C32H27F6N5O5. The molecule has 4 heterocycles. The van der Waals surface area contributed by atoms with Crippen molar-refractivity contribution in [2.24, 2.45) is 5.73 Å². The van der Waals surface area contributed by atoms with Crippen molar-refractivity contribution in [1.29, 1.82) is 0 Å². The number of carbonyl (C=O) groups excluding carboxylic acids is 2. The van der Waals surface area contributed by atoms with Crippen LogP contribution >= 0.6 is 0 Å². The number of nitrogens with two attached hydrogens (primary N) is 1. The van der Waals surface area contributed by atoms with Crippen molar-refractivity contribution < 1.29 is 50.5 Å². The van der Waals surface area contributed by atoms with Crippen LogP contribution in [0.25, 0.3) is 16.8 Å². The zero-order valence-corrected chi connectivity index (χ0v) is 25.1. The van der Waals surface area contributed by atoms with E-state index in [1.807, 2.05) is 0 Å². The number of hydrogen-bond acceptors (Lipinski definition) is 7. The van der Waals surface area contributed by atoms with Gasteiger partial charge in [0.25, 0.3) is 5.91 Å². The summed E-state index contributed by atoms with van der Waals surface area (Å²) in [4.78, 5) is 29.6. The van der Waals surface area contributed by atoms with Crippen molar-refractivity contribution in [3.63, 3.8) is 0 Å². The van der Waals surface area contributed by atoms with Gasteiger partial charge >= 0.3 is 6.18 Å². The Balaban J connectivity index is 1.29. The summed E-state index contributed by atoms with van der Waals surface area (Å²) in [6.07, 6.45) is -2.13. The minimum atomic E-state index is -5.53. The summed E-state index contributed by atoms with van der Waals surface area (Å²) in [5.74, 6) is -7.28. The van der Waals surface area contributed by atoms with Gasteiger partial charge in [0.15, 0.2) is 17.5 Å². The van der Waals surface area contributed by atoms with Gasteiger partial charge in [-0.05, 0) is 62.9 Å². The lowest BCUT2D eigenvalue weighted by molar-refractivity contribution is -0.265. The highest BCUT2D eigenvalue weighted by molar-refractivity contribution is 5.96. The summed E-state index contributed by atoms with van der Waals surface area (Å²) in [6.45, 7) is -0.758. The average Bonchev–Trinajstić information content (AvgIpc) is 3.97. The molecule has 2 saturated carbocycles. The molecule has 1 aromatic carbocycles. The highest BCUT2D eigenvalue weighted by Crippen LogP contribution is 2.48. The predicted octanol–water partition coefficient (Wildman–Crippen LogP) is 4.55. The van der Waals surface area contributed by atoms with Crippen LogP contribution in [0.5, 0.6) is 11.6 Å². The van der Waals surface area contributed by atoms with Gasteiger partial charge in [0.05, 0.1) is 23.4 Å². The van der Waals surface area contributed by atoms with Gasteiger partial charge in [0.1, 0.15) is 29.6 Å². The summed E-state index contributed by atoms with van der Waals surface area (Å²) in [6, 6.07) is 6.50. The fraction of sp³-hybridized carbons (Fsp3) is 0.375. The molecule has 2 fully saturated rings. The third-order valence-electron chi connectivity index (χ3n) is 8.92. The zero-order chi connectivity index (χ0) is 34.3. The van der Waals surface area contributed by atoms with E-state index in [2.05, 4.69) is 15.4 Å². The molecule has 0 radical (unpaired) electrons. The summed E-state index contributed by atoms with van der Waals surface area (Å²) in [5, 5.41) is 18.0. The predicted molar refractivity (Wildman–Crippen MR) is 155 cm³/mol. The van der Waals surface area contributed by atoms with Crippen LogP contribution in [-0.4, -0.2) is 57.0 Å². The number of aromatic nitrogens is 3. The van der Waals surface area contributed by atoms with E-state index < -0.39 is 82.3 Å². The van der Waals surface area contributed by atoms with E-state index in [0.29, 0.717) is 17.6 Å². The third-order valence-corrected chi connectivity index (χ3v) is 8.92. The van der Waals surface area contributed by atoms with Crippen LogP contribution in [0, 0.1) is 17.5 Å². The van der Waals surface area contributed by atoms with Crippen molar-refractivity contribution >= 4 is 17.3 Å². The maximum atomic E-state index is 15.0. The van der Waals surface area contributed by atoms with Gasteiger partial charge in [-0.3, -0.25) is 9.59 Å². The number of aliphatic hydroxyl groups is 1. The normalized spacial score (nSPS) is 20.2. The van der Waals surface area contributed by atoms with E-state index in [1.54, 1.807) is 6.07 Å². The van der Waals surface area contributed by atoms with E-state index in [-0.39, 0.29) is 29.0 Å². The SMILES string of the molecule is C[C@]1(C(N)=O)COc2c1cc([C@@](O)(CNC(=O)c1cc(OC3CC3)n3nc(C4CC4)cc3c1)C(F)(F)F)nc2-c1ccc(F)c(F)c1F. The number of fused-ring (bicyclic) bond motifs is 2. The Morgan fingerprint density at radius 2 is 1.83 bits per heavy atom. The molecule has 2 aliphatic carbocycles. The lowest BCUT2D eigenvalue weighted by Gasteiger charge is -2.31. The molecule has 0 bridgehead atoms. The standard InChI is InChI=1S/C32H27F6N5O5/c1-30(29(39)45)13-47-27-19(30)11-22(41-26(27)18-6-7-20(33)25(35)24(18)34)31(46,32(36,37)38)12-40-28(44)15-8-16-10-21(14-2-3-14)42-43(16)23(9-15)48-17-4-5-17/h6-11,14,17,46H,2-5,12-13H2,1H3,(H2,39,45)(H,40,44)/t30-,31-/m0/s1. The molecule has 0 spiro atoms. The van der Waals surface area contributed by atoms with E-state index in [9.17, 15) is 41.0 Å². The number of primary amides is 1. The Morgan fingerprint density at radius 3 is 2.48 bits per heavy atom. The van der Waals surface area contributed by atoms with Crippen LogP contribution in [0.15, 0.2) is 36.4 Å². The molecule has 16 heteroatoms. The van der Waals surface area contributed by atoms with Gasteiger partial charge in [0, 0.05) is 28.7 Å². The monoisotopic (exact) mass is 675 g/mol. The Bertz CT molecular complexity index is 2010. The van der Waals surface area contributed by atoms with Gasteiger partial charge in [-0.25, -0.2) is 22.7 Å². The van der Waals surface area contributed by atoms with E-state index in [4.69, 9.17) is 15.2 Å². The van der Waals surface area contributed by atoms with Crippen LogP contribution in [0.3, 0.4) is 0 Å². The zero-order valence-electron chi connectivity index (χ0n) is 25.1. The van der Waals surface area contributed by atoms with Gasteiger partial charge in [-0.1, -0.05) is 0 Å². The average molecular weight is 676 g/mol. The first-order valence-corrected chi connectivity index (χ1v) is 15.0.